The van der Waals surface area contributed by atoms with E-state index in [1.807, 2.05) is 17.9 Å². The van der Waals surface area contributed by atoms with Crippen molar-refractivity contribution in [3.8, 4) is 5.75 Å². The fourth-order valence-corrected chi connectivity index (χ4v) is 4.02. The molecule has 2 aromatic rings. The summed E-state index contributed by atoms with van der Waals surface area (Å²) in [6, 6.07) is 9.20. The molecule has 1 aromatic heterocycles. The van der Waals surface area contributed by atoms with E-state index in [9.17, 15) is 19.5 Å². The summed E-state index contributed by atoms with van der Waals surface area (Å²) < 4.78 is 0. The lowest BCUT2D eigenvalue weighted by molar-refractivity contribution is -0.123. The molecule has 8 nitrogen and oxygen atoms in total. The summed E-state index contributed by atoms with van der Waals surface area (Å²) in [6.07, 6.45) is 3.08. The average Bonchev–Trinajstić information content (AvgIpc) is 3.04. The number of amides is 3. The van der Waals surface area contributed by atoms with Gasteiger partial charge in [-0.25, -0.2) is 9.88 Å². The predicted octanol–water partition coefficient (Wildman–Crippen LogP) is 2.08. The topological polar surface area (TPSA) is 103 Å². The minimum absolute atomic E-state index is 0.0643. The van der Waals surface area contributed by atoms with E-state index in [2.05, 4.69) is 10.3 Å². The predicted molar refractivity (Wildman–Crippen MR) is 111 cm³/mol. The first-order valence-corrected chi connectivity index (χ1v) is 10.1. The van der Waals surface area contributed by atoms with Crippen molar-refractivity contribution in [2.24, 2.45) is 5.92 Å². The molecular weight excluding hydrogens is 384 g/mol. The van der Waals surface area contributed by atoms with Crippen LogP contribution in [0.2, 0.25) is 0 Å². The van der Waals surface area contributed by atoms with Gasteiger partial charge in [-0.2, -0.15) is 0 Å². The highest BCUT2D eigenvalue weighted by Gasteiger charge is 2.43. The fraction of sp³-hybridized carbons (Fsp3) is 0.364. The number of nitrogens with zero attached hydrogens (tertiary/aromatic N) is 3. The molecule has 0 saturated carbocycles. The monoisotopic (exact) mass is 408 g/mol. The molecule has 0 aliphatic carbocycles. The number of likely N-dealkylation sites (tertiary alicyclic amines) is 1. The van der Waals surface area contributed by atoms with Gasteiger partial charge in [0.15, 0.2) is 0 Å². The SMILES string of the molecule is Cc1ccc(NC(=O)C2CCN(C3CC(=O)N(c4ccc(O)cc4)C3=O)CC2)nc1. The van der Waals surface area contributed by atoms with Gasteiger partial charge in [0, 0.05) is 12.1 Å². The number of imide groups is 1. The van der Waals surface area contributed by atoms with E-state index in [4.69, 9.17) is 0 Å². The Morgan fingerprint density at radius 1 is 1.10 bits per heavy atom. The lowest BCUT2D eigenvalue weighted by atomic mass is 9.94. The molecule has 8 heteroatoms. The maximum absolute atomic E-state index is 12.9. The second-order valence-electron chi connectivity index (χ2n) is 7.82. The van der Waals surface area contributed by atoms with Crippen LogP contribution in [0.15, 0.2) is 42.6 Å². The quantitative estimate of drug-likeness (QED) is 0.751. The second-order valence-corrected chi connectivity index (χ2v) is 7.82. The number of pyridine rings is 1. The summed E-state index contributed by atoms with van der Waals surface area (Å²) in [5.41, 5.74) is 1.49. The van der Waals surface area contributed by atoms with Crippen molar-refractivity contribution < 1.29 is 19.5 Å². The number of aryl methyl sites for hydroxylation is 1. The van der Waals surface area contributed by atoms with Crippen LogP contribution in [0.1, 0.15) is 24.8 Å². The van der Waals surface area contributed by atoms with Gasteiger partial charge in [-0.3, -0.25) is 19.3 Å². The molecule has 30 heavy (non-hydrogen) atoms. The summed E-state index contributed by atoms with van der Waals surface area (Å²) in [5.74, 6) is -0.0986. The largest absolute Gasteiger partial charge is 0.508 e. The van der Waals surface area contributed by atoms with Crippen molar-refractivity contribution in [2.45, 2.75) is 32.2 Å². The molecule has 156 valence electrons. The lowest BCUT2D eigenvalue weighted by Gasteiger charge is -2.34. The minimum Gasteiger partial charge on any atom is -0.508 e. The van der Waals surface area contributed by atoms with E-state index >= 15 is 0 Å². The Labute approximate surface area is 174 Å². The molecule has 3 heterocycles. The zero-order valence-electron chi connectivity index (χ0n) is 16.7. The van der Waals surface area contributed by atoms with Crippen LogP contribution in [0.3, 0.4) is 0 Å². The van der Waals surface area contributed by atoms with Crippen molar-refractivity contribution in [3.05, 3.63) is 48.2 Å². The summed E-state index contributed by atoms with van der Waals surface area (Å²) >= 11 is 0. The first-order chi connectivity index (χ1) is 14.4. The Balaban J connectivity index is 1.35. The smallest absolute Gasteiger partial charge is 0.251 e. The number of hydrogen-bond acceptors (Lipinski definition) is 6. The van der Waals surface area contributed by atoms with Crippen LogP contribution in [0.25, 0.3) is 0 Å². The molecule has 2 saturated heterocycles. The number of carbonyl (C=O) groups is 3. The number of phenolic OH excluding ortho intramolecular Hbond substituents is 1. The third-order valence-corrected chi connectivity index (χ3v) is 5.73. The van der Waals surface area contributed by atoms with Crippen LogP contribution >= 0.6 is 0 Å². The molecule has 0 radical (unpaired) electrons. The highest BCUT2D eigenvalue weighted by Crippen LogP contribution is 2.29. The highest BCUT2D eigenvalue weighted by molar-refractivity contribution is 6.22. The molecular formula is C22H24N4O4. The number of phenols is 1. The van der Waals surface area contributed by atoms with E-state index in [1.165, 1.54) is 17.0 Å². The Bertz CT molecular complexity index is 950. The summed E-state index contributed by atoms with van der Waals surface area (Å²) in [6.45, 7) is 3.09. The van der Waals surface area contributed by atoms with E-state index in [-0.39, 0.29) is 35.8 Å². The second kappa shape index (κ2) is 8.23. The number of carbonyl (C=O) groups excluding carboxylic acids is 3. The molecule has 1 aromatic carbocycles. The van der Waals surface area contributed by atoms with Gasteiger partial charge in [-0.15, -0.1) is 0 Å². The van der Waals surface area contributed by atoms with E-state index in [1.54, 1.807) is 24.4 Å². The van der Waals surface area contributed by atoms with Gasteiger partial charge in [-0.05, 0) is 68.8 Å². The number of anilines is 2. The van der Waals surface area contributed by atoms with E-state index in [0.717, 1.165) is 5.56 Å². The first kappa shape index (κ1) is 20.0. The average molecular weight is 408 g/mol. The Kier molecular flexibility index (Phi) is 5.50. The van der Waals surface area contributed by atoms with Gasteiger partial charge < -0.3 is 10.4 Å². The Morgan fingerprint density at radius 3 is 2.43 bits per heavy atom. The number of rotatable bonds is 4. The van der Waals surface area contributed by atoms with Crippen LogP contribution in [0, 0.1) is 12.8 Å². The zero-order chi connectivity index (χ0) is 21.3. The molecule has 0 bridgehead atoms. The van der Waals surface area contributed by atoms with Gasteiger partial charge in [0.25, 0.3) is 5.91 Å². The number of nitrogens with one attached hydrogen (secondary N) is 1. The third kappa shape index (κ3) is 4.04. The van der Waals surface area contributed by atoms with Gasteiger partial charge in [0.05, 0.1) is 18.2 Å². The molecule has 4 rings (SSSR count). The summed E-state index contributed by atoms with van der Waals surface area (Å²) in [4.78, 5) is 45.3. The number of piperidine rings is 1. The standard InChI is InChI=1S/C22H24N4O4/c1-14-2-7-19(23-13-14)24-21(29)15-8-10-25(11-9-15)18-12-20(28)26(22(18)30)16-3-5-17(27)6-4-16/h2-7,13,15,18,27H,8-12H2,1H3,(H,23,24,29). The normalized spacial score (nSPS) is 20.6. The van der Waals surface area contributed by atoms with Gasteiger partial charge in [0.2, 0.25) is 11.8 Å². The number of benzene rings is 1. The van der Waals surface area contributed by atoms with Crippen molar-refractivity contribution in [1.29, 1.82) is 0 Å². The van der Waals surface area contributed by atoms with Crippen molar-refractivity contribution in [2.75, 3.05) is 23.3 Å². The maximum atomic E-state index is 12.9. The van der Waals surface area contributed by atoms with Crippen molar-refractivity contribution in [1.82, 2.24) is 9.88 Å². The highest BCUT2D eigenvalue weighted by atomic mass is 16.3. The minimum atomic E-state index is -0.505. The molecule has 0 spiro atoms. The van der Waals surface area contributed by atoms with Crippen LogP contribution in [-0.4, -0.2) is 51.8 Å². The number of aromatic nitrogens is 1. The van der Waals surface area contributed by atoms with Crippen LogP contribution in [0.4, 0.5) is 11.5 Å². The van der Waals surface area contributed by atoms with Crippen LogP contribution < -0.4 is 10.2 Å². The van der Waals surface area contributed by atoms with Crippen LogP contribution in [-0.2, 0) is 14.4 Å². The van der Waals surface area contributed by atoms with E-state index < -0.39 is 6.04 Å². The third-order valence-electron chi connectivity index (χ3n) is 5.73. The zero-order valence-corrected chi connectivity index (χ0v) is 16.7. The number of hydrogen-bond donors (Lipinski definition) is 2. The first-order valence-electron chi connectivity index (χ1n) is 10.1. The van der Waals surface area contributed by atoms with Gasteiger partial charge in [0.1, 0.15) is 11.6 Å². The van der Waals surface area contributed by atoms with Crippen molar-refractivity contribution >= 4 is 29.2 Å². The molecule has 2 fully saturated rings. The van der Waals surface area contributed by atoms with Gasteiger partial charge >= 0.3 is 0 Å². The van der Waals surface area contributed by atoms with E-state index in [0.29, 0.717) is 37.4 Å². The number of aromatic hydroxyl groups is 1. The molecule has 3 amide bonds. The summed E-state index contributed by atoms with van der Waals surface area (Å²) in [7, 11) is 0. The fourth-order valence-electron chi connectivity index (χ4n) is 4.02. The Hall–Kier alpha value is -3.26. The Morgan fingerprint density at radius 2 is 1.80 bits per heavy atom. The molecule has 1 atom stereocenters. The lowest BCUT2D eigenvalue weighted by Crippen LogP contribution is -2.47. The molecule has 2 N–H and O–H groups in total. The van der Waals surface area contributed by atoms with Gasteiger partial charge in [-0.1, -0.05) is 6.07 Å². The maximum Gasteiger partial charge on any atom is 0.251 e. The van der Waals surface area contributed by atoms with Crippen LogP contribution in [0.5, 0.6) is 5.75 Å². The van der Waals surface area contributed by atoms with Crippen molar-refractivity contribution in [3.63, 3.8) is 0 Å². The molecule has 1 unspecified atom stereocenters. The molecule has 2 aliphatic rings. The summed E-state index contributed by atoms with van der Waals surface area (Å²) in [5, 5.41) is 12.3. The molecule has 2 aliphatic heterocycles.